The smallest absolute Gasteiger partial charge is 0.315 e. The summed E-state index contributed by atoms with van der Waals surface area (Å²) in [6, 6.07) is 8.04. The van der Waals surface area contributed by atoms with Crippen molar-refractivity contribution in [2.45, 2.75) is 31.8 Å². The molecule has 1 saturated carbocycles. The zero-order valence-electron chi connectivity index (χ0n) is 13.6. The molecular weight excluding hydrogens is 290 g/mol. The quantitative estimate of drug-likeness (QED) is 0.704. The number of nitrogens with zero attached hydrogens (tertiary/aromatic N) is 1. The summed E-state index contributed by atoms with van der Waals surface area (Å²) in [5.41, 5.74) is 1.76. The highest BCUT2D eigenvalue weighted by Crippen LogP contribution is 2.39. The largest absolute Gasteiger partial charge is 0.394 e. The van der Waals surface area contributed by atoms with Gasteiger partial charge < -0.3 is 20.6 Å². The summed E-state index contributed by atoms with van der Waals surface area (Å²) in [5, 5.41) is 15.3. The van der Waals surface area contributed by atoms with E-state index in [2.05, 4.69) is 39.8 Å². The van der Waals surface area contributed by atoms with Crippen LogP contribution in [0.5, 0.6) is 0 Å². The fourth-order valence-electron chi connectivity index (χ4n) is 2.99. The fraction of sp³-hybridized carbons (Fsp3) is 0.500. The summed E-state index contributed by atoms with van der Waals surface area (Å²) in [6.07, 6.45) is 6.48. The van der Waals surface area contributed by atoms with Gasteiger partial charge in [0, 0.05) is 25.3 Å². The number of benzene rings is 1. The van der Waals surface area contributed by atoms with Gasteiger partial charge in [-0.25, -0.2) is 4.79 Å². The van der Waals surface area contributed by atoms with E-state index in [1.54, 1.807) is 0 Å². The molecule has 2 aliphatic rings. The van der Waals surface area contributed by atoms with E-state index in [1.165, 1.54) is 5.69 Å². The van der Waals surface area contributed by atoms with Crippen LogP contribution >= 0.6 is 0 Å². The average molecular weight is 315 g/mol. The molecule has 5 nitrogen and oxygen atoms in total. The van der Waals surface area contributed by atoms with Gasteiger partial charge in [0.15, 0.2) is 0 Å². The number of aliphatic hydroxyl groups is 1. The number of hydrogen-bond acceptors (Lipinski definition) is 3. The van der Waals surface area contributed by atoms with Crippen LogP contribution in [0.15, 0.2) is 36.4 Å². The minimum absolute atomic E-state index is 0.0242. The van der Waals surface area contributed by atoms with Gasteiger partial charge in [-0.05, 0) is 43.4 Å². The Labute approximate surface area is 137 Å². The number of rotatable bonds is 6. The topological polar surface area (TPSA) is 64.6 Å². The highest BCUT2D eigenvalue weighted by Gasteiger charge is 2.42. The standard InChI is InChI=1S/C18H25N3O2/c1-18(13-22,15-6-7-15)20-17(23)19-12-14-4-8-16(9-5-14)21-10-2-3-11-21/h2-5,8-9,15,22H,6-7,10-13H2,1H3,(H2,19,20,23). The van der Waals surface area contributed by atoms with Gasteiger partial charge in [-0.3, -0.25) is 0 Å². The molecule has 1 fully saturated rings. The number of nitrogens with one attached hydrogen (secondary N) is 2. The van der Waals surface area contributed by atoms with Crippen molar-refractivity contribution in [2.75, 3.05) is 24.6 Å². The van der Waals surface area contributed by atoms with Crippen molar-refractivity contribution in [1.29, 1.82) is 0 Å². The van der Waals surface area contributed by atoms with Crippen molar-refractivity contribution in [3.8, 4) is 0 Å². The Morgan fingerprint density at radius 3 is 2.48 bits per heavy atom. The highest BCUT2D eigenvalue weighted by molar-refractivity contribution is 5.75. The Hall–Kier alpha value is -2.01. The molecule has 2 amide bonds. The molecule has 0 spiro atoms. The number of hydrogen-bond donors (Lipinski definition) is 3. The number of amides is 2. The summed E-state index contributed by atoms with van der Waals surface area (Å²) in [4.78, 5) is 14.3. The molecule has 1 aliphatic carbocycles. The second kappa shape index (κ2) is 6.62. The zero-order chi connectivity index (χ0) is 16.3. The van der Waals surface area contributed by atoms with Crippen molar-refractivity contribution in [2.24, 2.45) is 5.92 Å². The van der Waals surface area contributed by atoms with Gasteiger partial charge in [0.05, 0.1) is 12.1 Å². The molecule has 0 saturated heterocycles. The average Bonchev–Trinajstić information content (AvgIpc) is 3.29. The molecule has 3 rings (SSSR count). The van der Waals surface area contributed by atoms with Crippen LogP contribution in [0.25, 0.3) is 0 Å². The van der Waals surface area contributed by atoms with Crippen LogP contribution in [0, 0.1) is 5.92 Å². The lowest BCUT2D eigenvalue weighted by Crippen LogP contribution is -2.53. The minimum atomic E-state index is -0.503. The highest BCUT2D eigenvalue weighted by atomic mass is 16.3. The summed E-state index contributed by atoms with van der Waals surface area (Å²) < 4.78 is 0. The second-order valence-corrected chi connectivity index (χ2v) is 6.70. The molecule has 0 bridgehead atoms. The molecule has 3 N–H and O–H groups in total. The molecule has 1 heterocycles. The molecule has 0 aromatic heterocycles. The SMILES string of the molecule is CC(CO)(NC(=O)NCc1ccc(N2CC=CC2)cc1)C1CC1. The van der Waals surface area contributed by atoms with Crippen molar-refractivity contribution in [1.82, 2.24) is 10.6 Å². The Morgan fingerprint density at radius 2 is 1.91 bits per heavy atom. The van der Waals surface area contributed by atoms with E-state index in [-0.39, 0.29) is 12.6 Å². The van der Waals surface area contributed by atoms with Crippen LogP contribution in [-0.4, -0.2) is 36.4 Å². The monoisotopic (exact) mass is 315 g/mol. The van der Waals surface area contributed by atoms with E-state index in [0.717, 1.165) is 31.5 Å². The molecule has 23 heavy (non-hydrogen) atoms. The molecular formula is C18H25N3O2. The molecule has 1 aromatic rings. The number of urea groups is 1. The maximum Gasteiger partial charge on any atom is 0.315 e. The van der Waals surface area contributed by atoms with E-state index in [1.807, 2.05) is 19.1 Å². The number of aliphatic hydroxyl groups excluding tert-OH is 1. The van der Waals surface area contributed by atoms with E-state index in [4.69, 9.17) is 0 Å². The third-order valence-electron chi connectivity index (χ3n) is 4.78. The molecule has 124 valence electrons. The summed E-state index contributed by atoms with van der Waals surface area (Å²) in [5.74, 6) is 0.395. The van der Waals surface area contributed by atoms with Gasteiger partial charge in [0.2, 0.25) is 0 Å². The fourth-order valence-corrected chi connectivity index (χ4v) is 2.99. The van der Waals surface area contributed by atoms with E-state index >= 15 is 0 Å². The Balaban J connectivity index is 1.48. The molecule has 5 heteroatoms. The predicted octanol–water partition coefficient (Wildman–Crippen LogP) is 2.02. The first-order chi connectivity index (χ1) is 11.1. The second-order valence-electron chi connectivity index (χ2n) is 6.70. The third kappa shape index (κ3) is 3.85. The third-order valence-corrected chi connectivity index (χ3v) is 4.78. The van der Waals surface area contributed by atoms with Crippen LogP contribution < -0.4 is 15.5 Å². The van der Waals surface area contributed by atoms with Crippen molar-refractivity contribution < 1.29 is 9.90 Å². The summed E-state index contributed by atoms with van der Waals surface area (Å²) in [7, 11) is 0. The first-order valence-electron chi connectivity index (χ1n) is 8.26. The van der Waals surface area contributed by atoms with Crippen LogP contribution in [0.4, 0.5) is 10.5 Å². The first kappa shape index (κ1) is 15.9. The van der Waals surface area contributed by atoms with Crippen LogP contribution in [0.2, 0.25) is 0 Å². The van der Waals surface area contributed by atoms with E-state index in [0.29, 0.717) is 12.5 Å². The predicted molar refractivity (Wildman–Crippen MR) is 91.4 cm³/mol. The normalized spacial score (nSPS) is 19.5. The summed E-state index contributed by atoms with van der Waals surface area (Å²) in [6.45, 7) is 4.28. The van der Waals surface area contributed by atoms with Gasteiger partial charge in [-0.2, -0.15) is 0 Å². The Kier molecular flexibility index (Phi) is 4.57. The molecule has 0 radical (unpaired) electrons. The molecule has 1 aromatic carbocycles. The Bertz CT molecular complexity index is 572. The van der Waals surface area contributed by atoms with Gasteiger partial charge in [0.1, 0.15) is 0 Å². The number of anilines is 1. The van der Waals surface area contributed by atoms with E-state index < -0.39 is 5.54 Å². The van der Waals surface area contributed by atoms with E-state index in [9.17, 15) is 9.90 Å². The molecule has 1 atom stereocenters. The lowest BCUT2D eigenvalue weighted by Gasteiger charge is -2.28. The van der Waals surface area contributed by atoms with Gasteiger partial charge >= 0.3 is 6.03 Å². The molecule has 1 aliphatic heterocycles. The Morgan fingerprint density at radius 1 is 1.26 bits per heavy atom. The number of carbonyl (C=O) groups is 1. The van der Waals surface area contributed by atoms with Crippen molar-refractivity contribution in [3.05, 3.63) is 42.0 Å². The molecule has 1 unspecified atom stereocenters. The summed E-state index contributed by atoms with van der Waals surface area (Å²) >= 11 is 0. The van der Waals surface area contributed by atoms with Gasteiger partial charge in [-0.1, -0.05) is 24.3 Å². The van der Waals surface area contributed by atoms with Crippen molar-refractivity contribution >= 4 is 11.7 Å². The zero-order valence-corrected chi connectivity index (χ0v) is 13.6. The van der Waals surface area contributed by atoms with Crippen LogP contribution in [-0.2, 0) is 6.54 Å². The van der Waals surface area contributed by atoms with Gasteiger partial charge in [-0.15, -0.1) is 0 Å². The van der Waals surface area contributed by atoms with Crippen LogP contribution in [0.3, 0.4) is 0 Å². The lowest BCUT2D eigenvalue weighted by atomic mass is 9.97. The maximum atomic E-state index is 12.0. The van der Waals surface area contributed by atoms with Gasteiger partial charge in [0.25, 0.3) is 0 Å². The van der Waals surface area contributed by atoms with Crippen molar-refractivity contribution in [3.63, 3.8) is 0 Å². The van der Waals surface area contributed by atoms with Crippen LogP contribution in [0.1, 0.15) is 25.3 Å². The minimum Gasteiger partial charge on any atom is -0.394 e. The maximum absolute atomic E-state index is 12.0. The lowest BCUT2D eigenvalue weighted by molar-refractivity contribution is 0.155. The first-order valence-corrected chi connectivity index (χ1v) is 8.26. The number of carbonyl (C=O) groups excluding carboxylic acids is 1.